The average molecular weight is 377 g/mol. The quantitative estimate of drug-likeness (QED) is 0.411. The van der Waals surface area contributed by atoms with Crippen LogP contribution in [-0.4, -0.2) is 17.1 Å². The smallest absolute Gasteiger partial charge is 0.140 e. The number of nitrogens with one attached hydrogen (secondary N) is 1. The zero-order chi connectivity index (χ0) is 17.7. The molecule has 1 N–H and O–H groups in total. The van der Waals surface area contributed by atoms with Crippen LogP contribution in [-0.2, 0) is 0 Å². The van der Waals surface area contributed by atoms with Crippen LogP contribution in [0.3, 0.4) is 0 Å². The van der Waals surface area contributed by atoms with Crippen molar-refractivity contribution in [1.82, 2.24) is 9.97 Å². The molecular weight excluding hydrogens is 362 g/mol. The van der Waals surface area contributed by atoms with Crippen molar-refractivity contribution in [2.45, 2.75) is 6.92 Å². The molecule has 0 fully saturated rings. The maximum Gasteiger partial charge on any atom is 0.140 e. The lowest BCUT2D eigenvalue weighted by Gasteiger charge is -2.10. The van der Waals surface area contributed by atoms with Crippen LogP contribution in [0.1, 0.15) is 4.88 Å². The first-order valence-corrected chi connectivity index (χ1v) is 9.88. The van der Waals surface area contributed by atoms with E-state index in [2.05, 4.69) is 52.5 Å². The van der Waals surface area contributed by atoms with E-state index in [1.165, 1.54) is 14.3 Å². The van der Waals surface area contributed by atoms with Crippen LogP contribution in [0.5, 0.6) is 5.75 Å². The third kappa shape index (κ3) is 2.41. The van der Waals surface area contributed by atoms with Gasteiger partial charge in [0.2, 0.25) is 0 Å². The van der Waals surface area contributed by atoms with Gasteiger partial charge in [0.15, 0.2) is 0 Å². The molecule has 0 aliphatic carbocycles. The van der Waals surface area contributed by atoms with Gasteiger partial charge < -0.3 is 10.1 Å². The second-order valence-corrected chi connectivity index (χ2v) is 8.22. The molecule has 0 saturated heterocycles. The number of methoxy groups -OCH3 is 1. The number of nitrogens with zero attached hydrogens (tertiary/aromatic N) is 2. The fourth-order valence-corrected chi connectivity index (χ4v) is 5.00. The van der Waals surface area contributed by atoms with E-state index in [1.807, 2.05) is 17.8 Å². The van der Waals surface area contributed by atoms with Gasteiger partial charge >= 0.3 is 0 Å². The molecule has 2 aromatic carbocycles. The van der Waals surface area contributed by atoms with Gasteiger partial charge in [-0.2, -0.15) is 0 Å². The van der Waals surface area contributed by atoms with E-state index in [-0.39, 0.29) is 0 Å². The van der Waals surface area contributed by atoms with Crippen LogP contribution >= 0.6 is 22.7 Å². The fourth-order valence-electron chi connectivity index (χ4n) is 3.29. The van der Waals surface area contributed by atoms with Crippen LogP contribution in [0, 0.1) is 6.92 Å². The van der Waals surface area contributed by atoms with Gasteiger partial charge in [-0.05, 0) is 43.3 Å². The molecular formula is C20H15N3OS2. The van der Waals surface area contributed by atoms with E-state index in [4.69, 9.17) is 4.74 Å². The van der Waals surface area contributed by atoms with Crippen LogP contribution in [0.25, 0.3) is 31.2 Å². The average Bonchev–Trinajstić information content (AvgIpc) is 3.22. The molecule has 0 spiro atoms. The lowest BCUT2D eigenvalue weighted by Crippen LogP contribution is -1.92. The van der Waals surface area contributed by atoms with Crippen molar-refractivity contribution in [2.75, 3.05) is 12.4 Å². The van der Waals surface area contributed by atoms with Gasteiger partial charge in [0.1, 0.15) is 5.75 Å². The van der Waals surface area contributed by atoms with Crippen molar-refractivity contribution in [3.05, 3.63) is 53.0 Å². The summed E-state index contributed by atoms with van der Waals surface area (Å²) in [5.74, 6) is 0.945. The Bertz CT molecular complexity index is 1270. The van der Waals surface area contributed by atoms with E-state index in [1.54, 1.807) is 29.8 Å². The molecule has 0 radical (unpaired) electrons. The maximum absolute atomic E-state index is 5.57. The molecule has 0 amide bonds. The zero-order valence-corrected chi connectivity index (χ0v) is 15.9. The number of fused-ring (bicyclic) bond motifs is 3. The molecule has 0 saturated carbocycles. The first kappa shape index (κ1) is 15.5. The van der Waals surface area contributed by atoms with E-state index in [0.29, 0.717) is 0 Å². The van der Waals surface area contributed by atoms with Gasteiger partial charge in [-0.1, -0.05) is 0 Å². The van der Waals surface area contributed by atoms with Gasteiger partial charge in [0.25, 0.3) is 0 Å². The molecule has 0 unspecified atom stereocenters. The summed E-state index contributed by atoms with van der Waals surface area (Å²) in [4.78, 5) is 10.1. The molecule has 6 heteroatoms. The van der Waals surface area contributed by atoms with Crippen molar-refractivity contribution in [3.63, 3.8) is 0 Å². The third-order valence-electron chi connectivity index (χ3n) is 4.48. The lowest BCUT2D eigenvalue weighted by molar-refractivity contribution is 0.419. The Labute approximate surface area is 158 Å². The third-order valence-corrected chi connectivity index (χ3v) is 6.34. The molecule has 3 aromatic heterocycles. The molecule has 128 valence electrons. The number of anilines is 2. The Balaban J connectivity index is 1.66. The molecule has 4 nitrogen and oxygen atoms in total. The van der Waals surface area contributed by atoms with Gasteiger partial charge in [-0.15, -0.1) is 22.7 Å². The predicted octanol–water partition coefficient (Wildman–Crippen LogP) is 6.12. The van der Waals surface area contributed by atoms with Crippen molar-refractivity contribution >= 4 is 65.3 Å². The summed E-state index contributed by atoms with van der Waals surface area (Å²) in [6, 6.07) is 12.6. The molecule has 0 aliphatic rings. The highest BCUT2D eigenvalue weighted by molar-refractivity contribution is 7.19. The standard InChI is InChI=1S/C20H15N3OS2/c1-11-20(24-2)14-8-16-13(9-19(14)26-11)15(5-6-21-16)23-12-3-4-18-17(7-12)22-10-25-18/h3-10H,1-2H3,(H,21,23). The van der Waals surface area contributed by atoms with E-state index in [9.17, 15) is 0 Å². The number of pyridine rings is 1. The van der Waals surface area contributed by atoms with Crippen LogP contribution < -0.4 is 10.1 Å². The minimum absolute atomic E-state index is 0.945. The largest absolute Gasteiger partial charge is 0.495 e. The minimum Gasteiger partial charge on any atom is -0.495 e. The maximum atomic E-state index is 5.57. The van der Waals surface area contributed by atoms with Crippen molar-refractivity contribution in [3.8, 4) is 5.75 Å². The molecule has 5 aromatic rings. The van der Waals surface area contributed by atoms with E-state index >= 15 is 0 Å². The fraction of sp³-hybridized carbons (Fsp3) is 0.100. The number of rotatable bonds is 3. The Kier molecular flexibility index (Phi) is 3.55. The van der Waals surface area contributed by atoms with E-state index in [0.717, 1.165) is 38.9 Å². The van der Waals surface area contributed by atoms with Crippen molar-refractivity contribution in [1.29, 1.82) is 0 Å². The number of hydrogen-bond donors (Lipinski definition) is 1. The number of ether oxygens (including phenoxy) is 1. The summed E-state index contributed by atoms with van der Waals surface area (Å²) in [7, 11) is 1.72. The zero-order valence-electron chi connectivity index (χ0n) is 14.2. The molecule has 5 rings (SSSR count). The first-order valence-electron chi connectivity index (χ1n) is 8.19. The van der Waals surface area contributed by atoms with Crippen molar-refractivity contribution < 1.29 is 4.74 Å². The second kappa shape index (κ2) is 5.93. The summed E-state index contributed by atoms with van der Waals surface area (Å²) in [6.45, 7) is 2.09. The summed E-state index contributed by atoms with van der Waals surface area (Å²) < 4.78 is 7.97. The summed E-state index contributed by atoms with van der Waals surface area (Å²) >= 11 is 3.40. The van der Waals surface area contributed by atoms with Crippen LogP contribution in [0.15, 0.2) is 48.1 Å². The Hall–Kier alpha value is -2.70. The normalized spacial score (nSPS) is 11.5. The summed E-state index contributed by atoms with van der Waals surface area (Å²) in [5, 5.41) is 5.75. The molecule has 3 heterocycles. The monoisotopic (exact) mass is 377 g/mol. The molecule has 0 bridgehead atoms. The van der Waals surface area contributed by atoms with Crippen LogP contribution in [0.4, 0.5) is 11.4 Å². The van der Waals surface area contributed by atoms with Gasteiger partial charge in [-0.3, -0.25) is 4.98 Å². The molecule has 26 heavy (non-hydrogen) atoms. The highest BCUT2D eigenvalue weighted by atomic mass is 32.1. The van der Waals surface area contributed by atoms with E-state index < -0.39 is 0 Å². The number of aryl methyl sites for hydroxylation is 1. The Morgan fingerprint density at radius 1 is 0.962 bits per heavy atom. The van der Waals surface area contributed by atoms with Gasteiger partial charge in [0.05, 0.1) is 28.4 Å². The van der Waals surface area contributed by atoms with Crippen molar-refractivity contribution in [2.24, 2.45) is 0 Å². The predicted molar refractivity (Wildman–Crippen MR) is 111 cm³/mol. The number of benzene rings is 2. The van der Waals surface area contributed by atoms with Crippen LogP contribution in [0.2, 0.25) is 0 Å². The SMILES string of the molecule is COc1c(C)sc2cc3c(Nc4ccc5scnc5c4)ccnc3cc12. The Morgan fingerprint density at radius 3 is 2.77 bits per heavy atom. The lowest BCUT2D eigenvalue weighted by atomic mass is 10.1. The molecule has 0 atom stereocenters. The number of thiophene rings is 1. The molecule has 0 aliphatic heterocycles. The number of thiazole rings is 1. The highest BCUT2D eigenvalue weighted by Crippen LogP contribution is 2.40. The first-order chi connectivity index (χ1) is 12.7. The van der Waals surface area contributed by atoms with Gasteiger partial charge in [0, 0.05) is 37.9 Å². The van der Waals surface area contributed by atoms with Gasteiger partial charge in [-0.25, -0.2) is 4.98 Å². The number of hydrogen-bond acceptors (Lipinski definition) is 6. The minimum atomic E-state index is 0.945. The number of aromatic nitrogens is 2. The summed E-state index contributed by atoms with van der Waals surface area (Å²) in [6.07, 6.45) is 1.84. The second-order valence-electron chi connectivity index (χ2n) is 6.08. The summed E-state index contributed by atoms with van der Waals surface area (Å²) in [5.41, 5.74) is 5.90. The topological polar surface area (TPSA) is 47.0 Å². The highest BCUT2D eigenvalue weighted by Gasteiger charge is 2.13. The Morgan fingerprint density at radius 2 is 1.88 bits per heavy atom.